The van der Waals surface area contributed by atoms with Crippen molar-refractivity contribution in [2.24, 2.45) is 0 Å². The van der Waals surface area contributed by atoms with Gasteiger partial charge in [0.25, 0.3) is 0 Å². The molecule has 1 aromatic heterocycles. The summed E-state index contributed by atoms with van der Waals surface area (Å²) in [5.41, 5.74) is 0.952. The van der Waals surface area contributed by atoms with Crippen LogP contribution in [0.2, 0.25) is 0 Å². The normalized spacial score (nSPS) is 10.2. The van der Waals surface area contributed by atoms with Crippen LogP contribution in [0.1, 0.15) is 10.4 Å². The second kappa shape index (κ2) is 6.03. The summed E-state index contributed by atoms with van der Waals surface area (Å²) in [6.07, 6.45) is 1.76. The van der Waals surface area contributed by atoms with E-state index < -0.39 is 5.97 Å². The van der Waals surface area contributed by atoms with E-state index in [1.807, 2.05) is 24.3 Å². The fourth-order valence-corrected chi connectivity index (χ4v) is 2.18. The third-order valence-corrected chi connectivity index (χ3v) is 3.52. The predicted octanol–water partition coefficient (Wildman–Crippen LogP) is 3.40. The molecule has 0 unspecified atom stereocenters. The topological polar surface area (TPSA) is 75.1 Å². The average molecular weight is 340 g/mol. The first-order chi connectivity index (χ1) is 9.10. The van der Waals surface area contributed by atoms with Gasteiger partial charge < -0.3 is 10.4 Å². The number of hydrogen-bond acceptors (Lipinski definition) is 5. The van der Waals surface area contributed by atoms with E-state index in [2.05, 4.69) is 31.4 Å². The smallest absolute Gasteiger partial charge is 0.338 e. The van der Waals surface area contributed by atoms with Crippen molar-refractivity contribution in [1.29, 1.82) is 0 Å². The zero-order chi connectivity index (χ0) is 13.8. The van der Waals surface area contributed by atoms with E-state index >= 15 is 0 Å². The Kier molecular flexibility index (Phi) is 4.39. The van der Waals surface area contributed by atoms with Gasteiger partial charge in [0.2, 0.25) is 0 Å². The molecular formula is C12H10BrN3O2S. The Balaban J connectivity index is 2.28. The molecule has 5 nitrogen and oxygen atoms in total. The Bertz CT molecular complexity index is 604. The summed E-state index contributed by atoms with van der Waals surface area (Å²) in [7, 11) is 0. The Morgan fingerprint density at radius 3 is 2.58 bits per heavy atom. The van der Waals surface area contributed by atoms with Crippen molar-refractivity contribution in [1.82, 2.24) is 10.2 Å². The van der Waals surface area contributed by atoms with Crippen LogP contribution in [0.15, 0.2) is 39.8 Å². The second-order valence-electron chi connectivity index (χ2n) is 3.59. The van der Waals surface area contributed by atoms with Crippen LogP contribution >= 0.6 is 27.7 Å². The molecule has 0 spiro atoms. The van der Waals surface area contributed by atoms with Gasteiger partial charge in [-0.2, -0.15) is 0 Å². The van der Waals surface area contributed by atoms with E-state index in [4.69, 9.17) is 5.11 Å². The highest BCUT2D eigenvalue weighted by atomic mass is 79.9. The number of aromatic carboxylic acids is 1. The van der Waals surface area contributed by atoms with Crippen molar-refractivity contribution in [3.8, 4) is 0 Å². The molecule has 2 aromatic rings. The fraction of sp³-hybridized carbons (Fsp3) is 0.0833. The van der Waals surface area contributed by atoms with Gasteiger partial charge in [0.05, 0.1) is 5.56 Å². The largest absolute Gasteiger partial charge is 0.478 e. The van der Waals surface area contributed by atoms with Gasteiger partial charge in [0.1, 0.15) is 5.03 Å². The summed E-state index contributed by atoms with van der Waals surface area (Å²) in [6.45, 7) is 0. The minimum atomic E-state index is -1.02. The Hall–Kier alpha value is -1.60. The second-order valence-corrected chi connectivity index (χ2v) is 5.30. The molecule has 0 atom stereocenters. The third kappa shape index (κ3) is 3.45. The molecule has 0 aliphatic heterocycles. The monoisotopic (exact) mass is 339 g/mol. The number of anilines is 2. The lowest BCUT2D eigenvalue weighted by Crippen LogP contribution is -2.05. The van der Waals surface area contributed by atoms with Crippen LogP contribution in [0.5, 0.6) is 0 Å². The minimum absolute atomic E-state index is 0.141. The van der Waals surface area contributed by atoms with Crippen LogP contribution in [0.3, 0.4) is 0 Å². The molecule has 7 heteroatoms. The van der Waals surface area contributed by atoms with Crippen LogP contribution < -0.4 is 5.32 Å². The highest BCUT2D eigenvalue weighted by Gasteiger charge is 2.13. The van der Waals surface area contributed by atoms with Gasteiger partial charge in [-0.05, 0) is 36.6 Å². The molecule has 0 saturated carbocycles. The number of nitrogens with zero attached hydrogens (tertiary/aromatic N) is 2. The van der Waals surface area contributed by atoms with E-state index in [9.17, 15) is 4.79 Å². The molecule has 19 heavy (non-hydrogen) atoms. The number of thioether (sulfide) groups is 1. The number of carboxylic acid groups (broad SMARTS) is 1. The number of carbonyl (C=O) groups is 1. The van der Waals surface area contributed by atoms with Gasteiger partial charge in [-0.1, -0.05) is 15.9 Å². The van der Waals surface area contributed by atoms with Gasteiger partial charge >= 0.3 is 5.97 Å². The molecule has 1 aromatic carbocycles. The van der Waals surface area contributed by atoms with Gasteiger partial charge in [-0.25, -0.2) is 4.79 Å². The zero-order valence-electron chi connectivity index (χ0n) is 9.92. The molecule has 2 N–H and O–H groups in total. The molecule has 0 aliphatic rings. The van der Waals surface area contributed by atoms with Gasteiger partial charge in [0.15, 0.2) is 5.82 Å². The van der Waals surface area contributed by atoms with Crippen molar-refractivity contribution in [3.63, 3.8) is 0 Å². The third-order valence-electron chi connectivity index (χ3n) is 2.30. The van der Waals surface area contributed by atoms with Crippen molar-refractivity contribution in [2.45, 2.75) is 5.03 Å². The molecular weight excluding hydrogens is 330 g/mol. The first kappa shape index (κ1) is 13.8. The lowest BCUT2D eigenvalue weighted by atomic mass is 10.3. The maximum atomic E-state index is 11.1. The van der Waals surface area contributed by atoms with Crippen LogP contribution in [-0.2, 0) is 0 Å². The molecule has 0 aliphatic carbocycles. The van der Waals surface area contributed by atoms with E-state index in [0.29, 0.717) is 10.8 Å². The maximum Gasteiger partial charge on any atom is 0.338 e. The van der Waals surface area contributed by atoms with Gasteiger partial charge in [0, 0.05) is 10.2 Å². The standard InChI is InChI=1S/C12H10BrN3O2S/c1-19-11-9(12(17)18)6-10(15-16-11)14-8-4-2-7(13)3-5-8/h2-6H,1H3,(H,14,15)(H,17,18). The summed E-state index contributed by atoms with van der Waals surface area (Å²) in [5.74, 6) is -0.615. The van der Waals surface area contributed by atoms with E-state index in [0.717, 1.165) is 10.2 Å². The van der Waals surface area contributed by atoms with Gasteiger partial charge in [-0.3, -0.25) is 0 Å². The number of rotatable bonds is 4. The molecule has 98 valence electrons. The molecule has 0 saturated heterocycles. The summed E-state index contributed by atoms with van der Waals surface area (Å²) < 4.78 is 0.966. The highest BCUT2D eigenvalue weighted by molar-refractivity contribution is 9.10. The molecule has 0 radical (unpaired) electrons. The number of hydrogen-bond donors (Lipinski definition) is 2. The number of nitrogens with one attached hydrogen (secondary N) is 1. The first-order valence-electron chi connectivity index (χ1n) is 5.28. The van der Waals surface area contributed by atoms with Crippen molar-refractivity contribution < 1.29 is 9.90 Å². The highest BCUT2D eigenvalue weighted by Crippen LogP contribution is 2.22. The van der Waals surface area contributed by atoms with Crippen molar-refractivity contribution in [2.75, 3.05) is 11.6 Å². The molecule has 0 bridgehead atoms. The van der Waals surface area contributed by atoms with Crippen molar-refractivity contribution in [3.05, 3.63) is 40.4 Å². The SMILES string of the molecule is CSc1nnc(Nc2ccc(Br)cc2)cc1C(=O)O. The minimum Gasteiger partial charge on any atom is -0.478 e. The lowest BCUT2D eigenvalue weighted by molar-refractivity contribution is 0.0692. The van der Waals surface area contributed by atoms with Crippen molar-refractivity contribution >= 4 is 45.2 Å². The van der Waals surface area contributed by atoms with Gasteiger partial charge in [-0.15, -0.1) is 22.0 Å². The maximum absolute atomic E-state index is 11.1. The van der Waals surface area contributed by atoms with Crippen LogP contribution in [0.4, 0.5) is 11.5 Å². The Morgan fingerprint density at radius 2 is 2.00 bits per heavy atom. The Labute approximate surface area is 122 Å². The van der Waals surface area contributed by atoms with E-state index in [1.54, 1.807) is 6.26 Å². The lowest BCUT2D eigenvalue weighted by Gasteiger charge is -2.07. The summed E-state index contributed by atoms with van der Waals surface area (Å²) in [5, 5.41) is 20.4. The molecule has 1 heterocycles. The zero-order valence-corrected chi connectivity index (χ0v) is 12.3. The number of aromatic nitrogens is 2. The van der Waals surface area contributed by atoms with Crippen LogP contribution in [-0.4, -0.2) is 27.5 Å². The van der Waals surface area contributed by atoms with E-state index in [1.165, 1.54) is 17.8 Å². The summed E-state index contributed by atoms with van der Waals surface area (Å²) in [6, 6.07) is 8.95. The first-order valence-corrected chi connectivity index (χ1v) is 7.29. The number of halogens is 1. The fourth-order valence-electron chi connectivity index (χ4n) is 1.43. The number of benzene rings is 1. The number of carboxylic acids is 1. The molecule has 0 amide bonds. The summed E-state index contributed by atoms with van der Waals surface area (Å²) >= 11 is 4.60. The molecule has 0 fully saturated rings. The summed E-state index contributed by atoms with van der Waals surface area (Å²) in [4.78, 5) is 11.1. The van der Waals surface area contributed by atoms with Crippen LogP contribution in [0.25, 0.3) is 0 Å². The Morgan fingerprint density at radius 1 is 1.32 bits per heavy atom. The molecule has 2 rings (SSSR count). The quantitative estimate of drug-likeness (QED) is 0.831. The van der Waals surface area contributed by atoms with E-state index in [-0.39, 0.29) is 5.56 Å². The van der Waals surface area contributed by atoms with Crippen LogP contribution in [0, 0.1) is 0 Å². The predicted molar refractivity (Wildman–Crippen MR) is 78.2 cm³/mol. The average Bonchev–Trinajstić information content (AvgIpc) is 2.41.